The molecule has 0 aromatic heterocycles. The maximum Gasteiger partial charge on any atom is 0.267 e. The van der Waals surface area contributed by atoms with Gasteiger partial charge in [0.25, 0.3) is 5.91 Å². The lowest BCUT2D eigenvalue weighted by Gasteiger charge is -2.09. The zero-order chi connectivity index (χ0) is 15.3. The average Bonchev–Trinajstić information content (AvgIpc) is 2.46. The zero-order valence-electron chi connectivity index (χ0n) is 10.9. The van der Waals surface area contributed by atoms with Crippen molar-refractivity contribution in [1.82, 2.24) is 10.3 Å². The van der Waals surface area contributed by atoms with E-state index in [1.165, 1.54) is 0 Å². The van der Waals surface area contributed by atoms with E-state index >= 15 is 0 Å². The Morgan fingerprint density at radius 1 is 1.00 bits per heavy atom. The summed E-state index contributed by atoms with van der Waals surface area (Å²) in [4.78, 5) is 14.0. The molecule has 0 spiro atoms. The van der Waals surface area contributed by atoms with Crippen molar-refractivity contribution in [2.24, 2.45) is 0 Å². The predicted molar refractivity (Wildman–Crippen MR) is 83.8 cm³/mol. The molecule has 0 aliphatic carbocycles. The van der Waals surface area contributed by atoms with Gasteiger partial charge in [-0.2, -0.15) is 0 Å². The lowest BCUT2D eigenvalue weighted by atomic mass is 10.2. The molecule has 5 nitrogen and oxygen atoms in total. The highest BCUT2D eigenvalue weighted by Gasteiger charge is 2.14. The second-order valence-electron chi connectivity index (χ2n) is 4.28. The fourth-order valence-electron chi connectivity index (χ4n) is 1.67. The smallest absolute Gasteiger partial charge is 0.267 e. The molecule has 7 heteroatoms. The second kappa shape index (κ2) is 6.84. The lowest BCUT2D eigenvalue weighted by molar-refractivity contribution is 0.0944. The van der Waals surface area contributed by atoms with Gasteiger partial charge in [-0.3, -0.25) is 10.2 Å². The molecule has 0 atom stereocenters. The van der Waals surface area contributed by atoms with Crippen molar-refractivity contribution >= 4 is 31.9 Å². The van der Waals surface area contributed by atoms with E-state index in [2.05, 4.69) is 26.2 Å². The standard InChI is InChI=1S/C14H13BrN2O3S/c15-13-9-5-4-8-12(13)14(18)16-17-21(19,20)10-11-6-2-1-3-7-11/h1-9,17H,10H2,(H,16,18). The van der Waals surface area contributed by atoms with Gasteiger partial charge in [0.05, 0.1) is 11.3 Å². The molecule has 0 saturated carbocycles. The average molecular weight is 369 g/mol. The van der Waals surface area contributed by atoms with E-state index in [1.54, 1.807) is 54.6 Å². The Labute approximate surface area is 131 Å². The van der Waals surface area contributed by atoms with Gasteiger partial charge in [0.15, 0.2) is 0 Å². The van der Waals surface area contributed by atoms with Crippen LogP contribution in [0.3, 0.4) is 0 Å². The van der Waals surface area contributed by atoms with Crippen LogP contribution in [0.15, 0.2) is 59.1 Å². The minimum Gasteiger partial charge on any atom is -0.274 e. The van der Waals surface area contributed by atoms with Gasteiger partial charge in [-0.05, 0) is 33.6 Å². The van der Waals surface area contributed by atoms with Crippen molar-refractivity contribution in [3.05, 3.63) is 70.2 Å². The monoisotopic (exact) mass is 368 g/mol. The molecule has 1 amide bonds. The predicted octanol–water partition coefficient (Wildman–Crippen LogP) is 2.21. The van der Waals surface area contributed by atoms with E-state index < -0.39 is 15.9 Å². The molecule has 21 heavy (non-hydrogen) atoms. The molecule has 0 unspecified atom stereocenters. The quantitative estimate of drug-likeness (QED) is 0.794. The van der Waals surface area contributed by atoms with Gasteiger partial charge in [-0.25, -0.2) is 8.42 Å². The number of nitrogens with one attached hydrogen (secondary N) is 2. The largest absolute Gasteiger partial charge is 0.274 e. The highest BCUT2D eigenvalue weighted by Crippen LogP contribution is 2.15. The first-order chi connectivity index (χ1) is 9.98. The third-order valence-electron chi connectivity index (χ3n) is 2.64. The number of carbonyl (C=O) groups excluding carboxylic acids is 1. The van der Waals surface area contributed by atoms with Crippen LogP contribution in [0.2, 0.25) is 0 Å². The maximum atomic E-state index is 11.9. The van der Waals surface area contributed by atoms with Crippen molar-refractivity contribution < 1.29 is 13.2 Å². The summed E-state index contributed by atoms with van der Waals surface area (Å²) in [6.07, 6.45) is 0. The summed E-state index contributed by atoms with van der Waals surface area (Å²) < 4.78 is 24.4. The van der Waals surface area contributed by atoms with Gasteiger partial charge < -0.3 is 0 Å². The van der Waals surface area contributed by atoms with Crippen LogP contribution in [-0.4, -0.2) is 14.3 Å². The summed E-state index contributed by atoms with van der Waals surface area (Å²) in [6, 6.07) is 15.5. The molecule has 2 aromatic rings. The Balaban J connectivity index is 1.99. The summed E-state index contributed by atoms with van der Waals surface area (Å²) in [6.45, 7) is 0. The van der Waals surface area contributed by atoms with Crippen LogP contribution in [0, 0.1) is 0 Å². The molecule has 0 aliphatic heterocycles. The number of rotatable bonds is 5. The molecule has 0 bridgehead atoms. The number of hydrogen-bond donors (Lipinski definition) is 2. The van der Waals surface area contributed by atoms with Crippen LogP contribution in [0.25, 0.3) is 0 Å². The normalized spacial score (nSPS) is 11.1. The third-order valence-corrected chi connectivity index (χ3v) is 4.46. The van der Waals surface area contributed by atoms with E-state index in [0.29, 0.717) is 15.6 Å². The van der Waals surface area contributed by atoms with E-state index in [4.69, 9.17) is 0 Å². The highest BCUT2D eigenvalue weighted by atomic mass is 79.9. The Hall–Kier alpha value is -1.70. The van der Waals surface area contributed by atoms with E-state index in [0.717, 1.165) is 0 Å². The highest BCUT2D eigenvalue weighted by molar-refractivity contribution is 9.10. The Morgan fingerprint density at radius 3 is 2.29 bits per heavy atom. The first-order valence-electron chi connectivity index (χ1n) is 6.06. The molecule has 0 heterocycles. The van der Waals surface area contributed by atoms with Gasteiger partial charge in [0.1, 0.15) is 0 Å². The minimum atomic E-state index is -3.65. The van der Waals surface area contributed by atoms with Crippen LogP contribution in [0.4, 0.5) is 0 Å². The Morgan fingerprint density at radius 2 is 1.62 bits per heavy atom. The molecule has 0 fully saturated rings. The zero-order valence-corrected chi connectivity index (χ0v) is 13.3. The molecule has 110 valence electrons. The molecular weight excluding hydrogens is 356 g/mol. The van der Waals surface area contributed by atoms with Gasteiger partial charge in [0.2, 0.25) is 10.0 Å². The number of halogens is 1. The van der Waals surface area contributed by atoms with E-state index in [1.807, 2.05) is 0 Å². The molecule has 2 rings (SSSR count). The maximum absolute atomic E-state index is 11.9. The molecule has 0 radical (unpaired) electrons. The number of sulfonamides is 1. The summed E-state index contributed by atoms with van der Waals surface area (Å²) in [5.74, 6) is -0.733. The third kappa shape index (κ3) is 4.66. The van der Waals surface area contributed by atoms with Gasteiger partial charge >= 0.3 is 0 Å². The van der Waals surface area contributed by atoms with Gasteiger partial charge in [0, 0.05) is 4.47 Å². The van der Waals surface area contributed by atoms with Crippen LogP contribution >= 0.6 is 15.9 Å². The molecule has 2 N–H and O–H groups in total. The fourth-order valence-corrected chi connectivity index (χ4v) is 3.08. The summed E-state index contributed by atoms with van der Waals surface area (Å²) >= 11 is 3.23. The van der Waals surface area contributed by atoms with Crippen LogP contribution < -0.4 is 10.3 Å². The summed E-state index contributed by atoms with van der Waals surface area (Å²) in [5, 5.41) is 0. The van der Waals surface area contributed by atoms with Crippen molar-refractivity contribution in [1.29, 1.82) is 0 Å². The number of carbonyl (C=O) groups is 1. The second-order valence-corrected chi connectivity index (χ2v) is 6.86. The Bertz CT molecular complexity index is 733. The minimum absolute atomic E-state index is 0.204. The SMILES string of the molecule is O=C(NNS(=O)(=O)Cc1ccccc1)c1ccccc1Br. The molecule has 2 aromatic carbocycles. The number of hydrazine groups is 1. The van der Waals surface area contributed by atoms with Crippen molar-refractivity contribution in [3.63, 3.8) is 0 Å². The van der Waals surface area contributed by atoms with Crippen LogP contribution in [-0.2, 0) is 15.8 Å². The molecular formula is C14H13BrN2O3S. The van der Waals surface area contributed by atoms with Crippen molar-refractivity contribution in [3.8, 4) is 0 Å². The topological polar surface area (TPSA) is 75.3 Å². The number of amides is 1. The van der Waals surface area contributed by atoms with E-state index in [9.17, 15) is 13.2 Å². The van der Waals surface area contributed by atoms with Crippen molar-refractivity contribution in [2.45, 2.75) is 5.75 Å². The Kier molecular flexibility index (Phi) is 5.11. The number of hydrogen-bond acceptors (Lipinski definition) is 3. The molecule has 0 saturated heterocycles. The van der Waals surface area contributed by atoms with Crippen molar-refractivity contribution in [2.75, 3.05) is 0 Å². The van der Waals surface area contributed by atoms with Crippen LogP contribution in [0.5, 0.6) is 0 Å². The summed E-state index contributed by atoms with van der Waals surface area (Å²) in [5.41, 5.74) is 3.18. The number of benzene rings is 2. The lowest BCUT2D eigenvalue weighted by Crippen LogP contribution is -2.42. The first kappa shape index (κ1) is 15.7. The van der Waals surface area contributed by atoms with E-state index in [-0.39, 0.29) is 5.75 Å². The van der Waals surface area contributed by atoms with Gasteiger partial charge in [-0.15, -0.1) is 4.83 Å². The first-order valence-corrected chi connectivity index (χ1v) is 8.51. The summed E-state index contributed by atoms with van der Waals surface area (Å²) in [7, 11) is -3.65. The van der Waals surface area contributed by atoms with Crippen LogP contribution in [0.1, 0.15) is 15.9 Å². The fraction of sp³-hybridized carbons (Fsp3) is 0.0714. The molecule has 0 aliphatic rings. The van der Waals surface area contributed by atoms with Gasteiger partial charge in [-0.1, -0.05) is 42.5 Å².